The maximum absolute atomic E-state index is 12.6. The Kier molecular flexibility index (Phi) is 7.09. The molecule has 1 aliphatic rings. The van der Waals surface area contributed by atoms with Gasteiger partial charge < -0.3 is 10.6 Å². The van der Waals surface area contributed by atoms with E-state index in [1.165, 1.54) is 12.1 Å². The minimum atomic E-state index is -3.71. The van der Waals surface area contributed by atoms with E-state index in [2.05, 4.69) is 4.72 Å². The van der Waals surface area contributed by atoms with Crippen LogP contribution in [0.4, 0.5) is 5.69 Å². The van der Waals surface area contributed by atoms with Gasteiger partial charge in [-0.05, 0) is 80.3 Å². The van der Waals surface area contributed by atoms with Crippen LogP contribution in [0.25, 0.3) is 0 Å². The Hall–Kier alpha value is -2.09. The van der Waals surface area contributed by atoms with Crippen molar-refractivity contribution < 1.29 is 13.2 Å². The number of nitrogens with one attached hydrogen (secondary N) is 1. The second-order valence-electron chi connectivity index (χ2n) is 7.07. The summed E-state index contributed by atoms with van der Waals surface area (Å²) >= 11 is 0. The summed E-state index contributed by atoms with van der Waals surface area (Å²) < 4.78 is 27.8. The van der Waals surface area contributed by atoms with Crippen LogP contribution in [0.1, 0.15) is 27.9 Å². The second-order valence-corrected chi connectivity index (χ2v) is 8.75. The van der Waals surface area contributed by atoms with Crippen molar-refractivity contribution in [1.82, 2.24) is 4.90 Å². The molecule has 8 heteroatoms. The van der Waals surface area contributed by atoms with Crippen molar-refractivity contribution in [2.45, 2.75) is 25.2 Å². The van der Waals surface area contributed by atoms with E-state index in [1.54, 1.807) is 29.2 Å². The zero-order valence-electron chi connectivity index (χ0n) is 16.0. The number of hydrogen-bond acceptors (Lipinski definition) is 4. The van der Waals surface area contributed by atoms with Crippen molar-refractivity contribution in [2.24, 2.45) is 11.7 Å². The lowest BCUT2D eigenvalue weighted by Crippen LogP contribution is -2.29. The molecule has 2 aromatic rings. The molecule has 1 heterocycles. The van der Waals surface area contributed by atoms with Crippen molar-refractivity contribution in [3.8, 4) is 0 Å². The second kappa shape index (κ2) is 8.94. The van der Waals surface area contributed by atoms with E-state index >= 15 is 0 Å². The number of halogens is 1. The Labute approximate surface area is 172 Å². The molecule has 28 heavy (non-hydrogen) atoms. The fourth-order valence-electron chi connectivity index (χ4n) is 3.19. The summed E-state index contributed by atoms with van der Waals surface area (Å²) in [5, 5.41) is 0. The van der Waals surface area contributed by atoms with Gasteiger partial charge in [-0.2, -0.15) is 0 Å². The van der Waals surface area contributed by atoms with Crippen LogP contribution < -0.4 is 10.5 Å². The van der Waals surface area contributed by atoms with Gasteiger partial charge in [-0.25, -0.2) is 8.42 Å². The number of carbonyl (C=O) groups excluding carboxylic acids is 1. The van der Waals surface area contributed by atoms with Crippen LogP contribution in [0.3, 0.4) is 0 Å². The van der Waals surface area contributed by atoms with Crippen molar-refractivity contribution in [3.05, 3.63) is 59.2 Å². The molecule has 152 valence electrons. The average Bonchev–Trinajstić information content (AvgIpc) is 3.13. The number of benzene rings is 2. The minimum Gasteiger partial charge on any atom is -0.338 e. The van der Waals surface area contributed by atoms with Gasteiger partial charge in [0.25, 0.3) is 15.9 Å². The quantitative estimate of drug-likeness (QED) is 0.773. The van der Waals surface area contributed by atoms with Crippen molar-refractivity contribution in [2.75, 3.05) is 24.4 Å². The first-order chi connectivity index (χ1) is 12.8. The maximum atomic E-state index is 12.6. The number of nitrogens with zero attached hydrogens (tertiary/aromatic N) is 1. The van der Waals surface area contributed by atoms with Gasteiger partial charge in [0.1, 0.15) is 0 Å². The van der Waals surface area contributed by atoms with Crippen molar-refractivity contribution >= 4 is 34.0 Å². The van der Waals surface area contributed by atoms with Crippen LogP contribution >= 0.6 is 12.4 Å². The number of anilines is 1. The van der Waals surface area contributed by atoms with E-state index in [0.717, 1.165) is 17.5 Å². The molecule has 2 aromatic carbocycles. The lowest BCUT2D eigenvalue weighted by Gasteiger charge is -2.16. The molecule has 0 radical (unpaired) electrons. The summed E-state index contributed by atoms with van der Waals surface area (Å²) in [6.07, 6.45) is 0.911. The van der Waals surface area contributed by atoms with E-state index in [9.17, 15) is 13.2 Å². The molecule has 0 aromatic heterocycles. The van der Waals surface area contributed by atoms with Gasteiger partial charge in [0.2, 0.25) is 0 Å². The molecule has 3 N–H and O–H groups in total. The minimum absolute atomic E-state index is 0. The lowest BCUT2D eigenvalue weighted by atomic mass is 10.1. The fourth-order valence-corrected chi connectivity index (χ4v) is 4.24. The average molecular weight is 424 g/mol. The highest BCUT2D eigenvalue weighted by molar-refractivity contribution is 7.92. The molecular weight excluding hydrogens is 398 g/mol. The van der Waals surface area contributed by atoms with Gasteiger partial charge in [-0.15, -0.1) is 12.4 Å². The summed E-state index contributed by atoms with van der Waals surface area (Å²) in [7, 11) is -3.71. The Morgan fingerprint density at radius 3 is 2.39 bits per heavy atom. The predicted molar refractivity (Wildman–Crippen MR) is 113 cm³/mol. The van der Waals surface area contributed by atoms with Crippen LogP contribution in [0.5, 0.6) is 0 Å². The third kappa shape index (κ3) is 4.84. The van der Waals surface area contributed by atoms with Crippen LogP contribution in [-0.4, -0.2) is 38.9 Å². The number of carbonyl (C=O) groups is 1. The summed E-state index contributed by atoms with van der Waals surface area (Å²) in [6, 6.07) is 11.5. The monoisotopic (exact) mass is 423 g/mol. The number of amides is 1. The first kappa shape index (κ1) is 22.2. The smallest absolute Gasteiger partial charge is 0.261 e. The Morgan fingerprint density at radius 1 is 1.14 bits per heavy atom. The van der Waals surface area contributed by atoms with E-state index in [1.807, 2.05) is 19.9 Å². The van der Waals surface area contributed by atoms with E-state index in [0.29, 0.717) is 36.8 Å². The Balaban J connectivity index is 0.00000280. The molecule has 1 aliphatic heterocycles. The predicted octanol–water partition coefficient (Wildman–Crippen LogP) is 2.95. The fraction of sp³-hybridized carbons (Fsp3) is 0.350. The van der Waals surface area contributed by atoms with Crippen LogP contribution in [0, 0.1) is 19.8 Å². The first-order valence-electron chi connectivity index (χ1n) is 8.99. The molecule has 0 saturated carbocycles. The van der Waals surface area contributed by atoms with Crippen molar-refractivity contribution in [1.29, 1.82) is 0 Å². The molecule has 0 spiro atoms. The largest absolute Gasteiger partial charge is 0.338 e. The van der Waals surface area contributed by atoms with Gasteiger partial charge in [-0.3, -0.25) is 9.52 Å². The van der Waals surface area contributed by atoms with Gasteiger partial charge in [-0.1, -0.05) is 6.07 Å². The number of hydrogen-bond donors (Lipinski definition) is 2. The molecular formula is C20H26ClN3O3S. The van der Waals surface area contributed by atoms with E-state index in [4.69, 9.17) is 5.73 Å². The van der Waals surface area contributed by atoms with Gasteiger partial charge >= 0.3 is 0 Å². The summed E-state index contributed by atoms with van der Waals surface area (Å²) in [6.45, 7) is 5.82. The molecule has 1 amide bonds. The van der Waals surface area contributed by atoms with Crippen LogP contribution in [0.15, 0.2) is 47.4 Å². The number of sulfonamides is 1. The third-order valence-electron chi connectivity index (χ3n) is 5.08. The highest BCUT2D eigenvalue weighted by Crippen LogP contribution is 2.21. The maximum Gasteiger partial charge on any atom is 0.261 e. The Morgan fingerprint density at radius 2 is 1.82 bits per heavy atom. The topological polar surface area (TPSA) is 92.5 Å². The highest BCUT2D eigenvalue weighted by atomic mass is 35.5. The number of likely N-dealkylation sites (tertiary alicyclic amines) is 1. The zero-order chi connectivity index (χ0) is 19.6. The summed E-state index contributed by atoms with van der Waals surface area (Å²) in [5.74, 6) is 0.257. The normalized spacial score (nSPS) is 16.5. The van der Waals surface area contributed by atoms with Crippen LogP contribution in [-0.2, 0) is 10.0 Å². The molecule has 1 saturated heterocycles. The highest BCUT2D eigenvalue weighted by Gasteiger charge is 2.26. The van der Waals surface area contributed by atoms with E-state index < -0.39 is 10.0 Å². The third-order valence-corrected chi connectivity index (χ3v) is 6.47. The number of aryl methyl sites for hydroxylation is 2. The summed E-state index contributed by atoms with van der Waals surface area (Å²) in [5.41, 5.74) is 8.78. The van der Waals surface area contributed by atoms with Crippen molar-refractivity contribution in [3.63, 3.8) is 0 Å². The van der Waals surface area contributed by atoms with Gasteiger partial charge in [0, 0.05) is 24.3 Å². The molecule has 3 rings (SSSR count). The number of rotatable bonds is 5. The Bertz CT molecular complexity index is 946. The standard InChI is InChI=1S/C20H25N3O3S.ClH/c1-14-3-6-18(11-15(14)2)22-27(25,26)19-7-4-17(5-8-19)20(24)23-10-9-16(12-21)13-23;/h3-8,11,16,22H,9-10,12-13,21H2,1-2H3;1H. The summed E-state index contributed by atoms with van der Waals surface area (Å²) in [4.78, 5) is 14.4. The lowest BCUT2D eigenvalue weighted by molar-refractivity contribution is 0.0787. The molecule has 1 unspecified atom stereocenters. The molecule has 0 aliphatic carbocycles. The first-order valence-corrected chi connectivity index (χ1v) is 10.5. The molecule has 1 fully saturated rings. The van der Waals surface area contributed by atoms with Gasteiger partial charge in [0.15, 0.2) is 0 Å². The SMILES string of the molecule is Cc1ccc(NS(=O)(=O)c2ccc(C(=O)N3CCC(CN)C3)cc2)cc1C.Cl. The van der Waals surface area contributed by atoms with Gasteiger partial charge in [0.05, 0.1) is 4.90 Å². The molecule has 6 nitrogen and oxygen atoms in total. The number of nitrogens with two attached hydrogens (primary N) is 1. The van der Waals surface area contributed by atoms with E-state index in [-0.39, 0.29) is 23.2 Å². The van der Waals surface area contributed by atoms with Crippen LogP contribution in [0.2, 0.25) is 0 Å². The molecule has 1 atom stereocenters. The zero-order valence-corrected chi connectivity index (χ0v) is 17.6. The molecule has 0 bridgehead atoms.